The Labute approximate surface area is 221 Å². The second-order valence-corrected chi connectivity index (χ2v) is 11.7. The SMILES string of the molecule is CN1CCCS(=O)(=O)Nc2ccc(Cl)cc2C(=O)N2CCCCC2c2cc3nc(NCCN)cc1n3n2. The number of fused-ring (bicyclic) bond motifs is 4. The molecule has 0 spiro atoms. The van der Waals surface area contributed by atoms with Crippen LogP contribution in [0, 0.1) is 0 Å². The van der Waals surface area contributed by atoms with E-state index in [1.54, 1.807) is 21.5 Å². The van der Waals surface area contributed by atoms with Crippen molar-refractivity contribution >= 4 is 50.5 Å². The van der Waals surface area contributed by atoms with Gasteiger partial charge in [0.25, 0.3) is 5.91 Å². The van der Waals surface area contributed by atoms with Crippen LogP contribution >= 0.6 is 11.6 Å². The van der Waals surface area contributed by atoms with Crippen LogP contribution in [-0.4, -0.2) is 72.8 Å². The Bertz CT molecular complexity index is 1430. The Morgan fingerprint density at radius 2 is 2.03 bits per heavy atom. The molecule has 37 heavy (non-hydrogen) atoms. The Kier molecular flexibility index (Phi) is 7.15. The summed E-state index contributed by atoms with van der Waals surface area (Å²) in [6.45, 7) is 2.01. The minimum Gasteiger partial charge on any atom is -0.369 e. The van der Waals surface area contributed by atoms with E-state index in [1.165, 1.54) is 6.07 Å². The van der Waals surface area contributed by atoms with Crippen LogP contribution in [0.15, 0.2) is 30.3 Å². The summed E-state index contributed by atoms with van der Waals surface area (Å²) in [7, 11) is -1.81. The van der Waals surface area contributed by atoms with Crippen molar-refractivity contribution in [3.8, 4) is 0 Å². The first-order chi connectivity index (χ1) is 17.8. The summed E-state index contributed by atoms with van der Waals surface area (Å²) in [5, 5.41) is 8.49. The van der Waals surface area contributed by atoms with E-state index >= 15 is 0 Å². The summed E-state index contributed by atoms with van der Waals surface area (Å²) in [5.74, 6) is 1.02. The Morgan fingerprint density at radius 3 is 2.84 bits per heavy atom. The van der Waals surface area contributed by atoms with Crippen molar-refractivity contribution in [3.63, 3.8) is 0 Å². The lowest BCUT2D eigenvalue weighted by atomic mass is 9.98. The van der Waals surface area contributed by atoms with E-state index in [1.807, 2.05) is 24.1 Å². The zero-order valence-electron chi connectivity index (χ0n) is 20.7. The van der Waals surface area contributed by atoms with Gasteiger partial charge < -0.3 is 20.9 Å². The number of hydrogen-bond acceptors (Lipinski definition) is 8. The number of amides is 1. The Balaban J connectivity index is 1.66. The fraction of sp³-hybridized carbons (Fsp3) is 0.458. The van der Waals surface area contributed by atoms with Gasteiger partial charge in [-0.3, -0.25) is 9.52 Å². The number of carbonyl (C=O) groups is 1. The third kappa shape index (κ3) is 5.32. The number of benzene rings is 1. The maximum absolute atomic E-state index is 13.9. The molecule has 1 amide bonds. The number of aromatic nitrogens is 3. The topological polar surface area (TPSA) is 138 Å². The highest BCUT2D eigenvalue weighted by Gasteiger charge is 2.33. The van der Waals surface area contributed by atoms with E-state index < -0.39 is 10.0 Å². The number of anilines is 3. The van der Waals surface area contributed by atoms with E-state index in [0.717, 1.165) is 30.8 Å². The molecule has 1 atom stereocenters. The second kappa shape index (κ2) is 10.3. The van der Waals surface area contributed by atoms with Crippen LogP contribution in [0.4, 0.5) is 17.3 Å². The Morgan fingerprint density at radius 1 is 1.19 bits per heavy atom. The molecular weight excluding hydrogens is 516 g/mol. The first kappa shape index (κ1) is 25.6. The molecule has 4 N–H and O–H groups in total. The molecule has 11 nitrogen and oxygen atoms in total. The summed E-state index contributed by atoms with van der Waals surface area (Å²) >= 11 is 6.24. The number of carbonyl (C=O) groups excluding carboxylic acids is 1. The molecule has 0 aliphatic carbocycles. The molecule has 1 fully saturated rings. The maximum atomic E-state index is 13.9. The highest BCUT2D eigenvalue weighted by Crippen LogP contribution is 2.35. The third-order valence-corrected chi connectivity index (χ3v) is 8.35. The van der Waals surface area contributed by atoms with Crippen molar-refractivity contribution < 1.29 is 13.2 Å². The van der Waals surface area contributed by atoms with Crippen molar-refractivity contribution in [1.82, 2.24) is 19.5 Å². The smallest absolute Gasteiger partial charge is 0.256 e. The highest BCUT2D eigenvalue weighted by molar-refractivity contribution is 7.92. The summed E-state index contributed by atoms with van der Waals surface area (Å²) in [6.07, 6.45) is 2.89. The lowest BCUT2D eigenvalue weighted by Crippen LogP contribution is -2.39. The predicted octanol–water partition coefficient (Wildman–Crippen LogP) is 2.70. The fourth-order valence-corrected chi connectivity index (χ4v) is 6.24. The normalized spacial score (nSPS) is 20.1. The van der Waals surface area contributed by atoms with Crippen LogP contribution in [-0.2, 0) is 10.0 Å². The number of piperidine rings is 1. The van der Waals surface area contributed by atoms with Gasteiger partial charge in [0.15, 0.2) is 5.65 Å². The van der Waals surface area contributed by atoms with Gasteiger partial charge in [-0.25, -0.2) is 13.4 Å². The van der Waals surface area contributed by atoms with Crippen LogP contribution in [0.3, 0.4) is 0 Å². The van der Waals surface area contributed by atoms with E-state index in [4.69, 9.17) is 27.4 Å². The molecule has 5 rings (SSSR count). The van der Waals surface area contributed by atoms with Crippen molar-refractivity contribution in [3.05, 3.63) is 46.6 Å². The highest BCUT2D eigenvalue weighted by atomic mass is 35.5. The number of halogens is 1. The lowest BCUT2D eigenvalue weighted by Gasteiger charge is -2.35. The van der Waals surface area contributed by atoms with E-state index in [0.29, 0.717) is 49.1 Å². The monoisotopic (exact) mass is 546 g/mol. The van der Waals surface area contributed by atoms with Crippen LogP contribution in [0.2, 0.25) is 5.02 Å². The zero-order valence-corrected chi connectivity index (χ0v) is 22.2. The van der Waals surface area contributed by atoms with Crippen molar-refractivity contribution in [1.29, 1.82) is 0 Å². The zero-order chi connectivity index (χ0) is 26.2. The summed E-state index contributed by atoms with van der Waals surface area (Å²) in [6, 6.07) is 8.18. The van der Waals surface area contributed by atoms with Gasteiger partial charge in [-0.1, -0.05) is 11.6 Å². The Hall–Kier alpha value is -3.09. The van der Waals surface area contributed by atoms with E-state index in [2.05, 4.69) is 10.0 Å². The molecule has 2 bridgehead atoms. The number of hydrogen-bond donors (Lipinski definition) is 3. The first-order valence-corrected chi connectivity index (χ1v) is 14.5. The lowest BCUT2D eigenvalue weighted by molar-refractivity contribution is 0.0607. The van der Waals surface area contributed by atoms with Crippen LogP contribution in [0.1, 0.15) is 47.8 Å². The molecule has 2 aliphatic heterocycles. The van der Waals surface area contributed by atoms with Gasteiger partial charge >= 0.3 is 0 Å². The van der Waals surface area contributed by atoms with Gasteiger partial charge in [-0.15, -0.1) is 0 Å². The predicted molar refractivity (Wildman–Crippen MR) is 145 cm³/mol. The summed E-state index contributed by atoms with van der Waals surface area (Å²) in [4.78, 5) is 22.3. The molecule has 2 aliphatic rings. The fourth-order valence-electron chi connectivity index (χ4n) is 4.95. The molecule has 1 aromatic carbocycles. The summed E-state index contributed by atoms with van der Waals surface area (Å²) < 4.78 is 30.3. The number of nitrogens with one attached hydrogen (secondary N) is 2. The quantitative estimate of drug-likeness (QED) is 0.456. The molecule has 13 heteroatoms. The number of sulfonamides is 1. The third-order valence-electron chi connectivity index (χ3n) is 6.76. The van der Waals surface area contributed by atoms with Crippen molar-refractivity contribution in [2.45, 2.75) is 31.7 Å². The van der Waals surface area contributed by atoms with Gasteiger partial charge in [0.1, 0.15) is 11.6 Å². The number of rotatable bonds is 3. The van der Waals surface area contributed by atoms with Gasteiger partial charge in [0, 0.05) is 50.4 Å². The molecule has 4 heterocycles. The second-order valence-electron chi connectivity index (χ2n) is 9.45. The van der Waals surface area contributed by atoms with Crippen LogP contribution in [0.25, 0.3) is 5.65 Å². The minimum atomic E-state index is -3.71. The summed E-state index contributed by atoms with van der Waals surface area (Å²) in [5.41, 5.74) is 7.51. The minimum absolute atomic E-state index is 0.114. The average molecular weight is 547 g/mol. The molecule has 0 radical (unpaired) electrons. The van der Waals surface area contributed by atoms with Gasteiger partial charge in [-0.05, 0) is 43.9 Å². The van der Waals surface area contributed by atoms with Gasteiger partial charge in [0.05, 0.1) is 28.7 Å². The standard InChI is InChI=1S/C24H31ClN8O3S/c1-31-10-4-12-37(35,36)30-18-7-6-16(25)13-17(18)24(34)32-11-3-2-5-20(32)19-14-22-28-21(27-9-8-26)15-23(31)33(22)29-19/h6-7,13-15,20,30H,2-5,8-12,26H2,1H3,(H,27,28). The van der Waals surface area contributed by atoms with Crippen molar-refractivity contribution in [2.24, 2.45) is 5.73 Å². The van der Waals surface area contributed by atoms with Gasteiger partial charge in [0.2, 0.25) is 10.0 Å². The number of nitrogens with two attached hydrogens (primary N) is 1. The molecular formula is C24H31ClN8O3S. The van der Waals surface area contributed by atoms with Crippen molar-refractivity contribution in [2.75, 3.05) is 53.9 Å². The van der Waals surface area contributed by atoms with E-state index in [9.17, 15) is 13.2 Å². The van der Waals surface area contributed by atoms with Crippen LogP contribution < -0.4 is 20.7 Å². The first-order valence-electron chi connectivity index (χ1n) is 12.4. The average Bonchev–Trinajstić information content (AvgIpc) is 3.31. The van der Waals surface area contributed by atoms with Gasteiger partial charge in [-0.2, -0.15) is 9.61 Å². The van der Waals surface area contributed by atoms with E-state index in [-0.39, 0.29) is 29.0 Å². The molecule has 1 unspecified atom stereocenters. The molecule has 3 aromatic rings. The maximum Gasteiger partial charge on any atom is 0.256 e. The largest absolute Gasteiger partial charge is 0.369 e. The molecule has 2 aromatic heterocycles. The number of nitrogens with zero attached hydrogens (tertiary/aromatic N) is 5. The molecule has 1 saturated heterocycles. The molecule has 0 saturated carbocycles. The molecule has 198 valence electrons. The van der Waals surface area contributed by atoms with Crippen LogP contribution in [0.5, 0.6) is 0 Å².